The van der Waals surface area contributed by atoms with Crippen molar-refractivity contribution in [2.45, 2.75) is 72.1 Å². The van der Waals surface area contributed by atoms with Crippen LogP contribution in [0.5, 0.6) is 11.5 Å². The van der Waals surface area contributed by atoms with Crippen LogP contribution in [0.3, 0.4) is 0 Å². The van der Waals surface area contributed by atoms with Crippen molar-refractivity contribution in [1.82, 2.24) is 18.7 Å². The molecule has 0 amide bonds. The van der Waals surface area contributed by atoms with Crippen LogP contribution in [0.15, 0.2) is 164 Å². The number of hydrogen-bond acceptors (Lipinski definition) is 2. The molecule has 0 bridgehead atoms. The van der Waals surface area contributed by atoms with Gasteiger partial charge in [-0.1, -0.05) is 164 Å². The third-order valence-electron chi connectivity index (χ3n) is 13.4. The molecule has 2 aromatic heterocycles. The summed E-state index contributed by atoms with van der Waals surface area (Å²) in [7, 11) is 0. The number of aromatic nitrogens is 2. The first-order valence-electron chi connectivity index (χ1n) is 22.5. The summed E-state index contributed by atoms with van der Waals surface area (Å²) < 4.78 is 10.3. The predicted molar refractivity (Wildman–Crippen MR) is 265 cm³/mol. The molecule has 0 radical (unpaired) electrons. The zero-order chi connectivity index (χ0) is 44.2. The van der Waals surface area contributed by atoms with Crippen LogP contribution in [0.25, 0.3) is 49.9 Å². The van der Waals surface area contributed by atoms with Crippen LogP contribution in [0, 0.1) is 18.8 Å². The zero-order valence-electron chi connectivity index (χ0n) is 38.3. The van der Waals surface area contributed by atoms with E-state index < -0.39 is 0 Å². The Labute approximate surface area is 398 Å². The van der Waals surface area contributed by atoms with Gasteiger partial charge in [0.15, 0.2) is 12.4 Å². The van der Waals surface area contributed by atoms with Crippen LogP contribution >= 0.6 is 0 Å². The van der Waals surface area contributed by atoms with E-state index in [1.165, 1.54) is 50.4 Å². The van der Waals surface area contributed by atoms with E-state index in [4.69, 9.17) is 9.72 Å². The van der Waals surface area contributed by atoms with E-state index in [1.54, 1.807) is 0 Å². The summed E-state index contributed by atoms with van der Waals surface area (Å²) in [5, 5.41) is 2.24. The van der Waals surface area contributed by atoms with Gasteiger partial charge >= 0.3 is 0 Å². The molecule has 2 aliphatic heterocycles. The molecule has 5 nitrogen and oxygen atoms in total. The van der Waals surface area contributed by atoms with Crippen molar-refractivity contribution in [3.63, 3.8) is 0 Å². The van der Waals surface area contributed by atoms with Gasteiger partial charge in [0.25, 0.3) is 0 Å². The Kier molecular flexibility index (Phi) is 10.2. The molecule has 4 heterocycles. The summed E-state index contributed by atoms with van der Waals surface area (Å²) in [5.74, 6) is 2.44. The van der Waals surface area contributed by atoms with Gasteiger partial charge in [-0.05, 0) is 73.7 Å². The standard InChI is InChI=1S/C59H53N4O.Pt/c1-39(2)49-20-12-13-21-50(49)42-32-46(63-38-62(63,55-24-16-17-25-56(55)63)45-31-41(40-18-10-9-11-19-40)30-44(34-45)59(6,7)8)36-48(33-42)64-47-26-27-52-51-22-14-15-23-53(51)61(54(52)37-47)57-35-43(28-29-60-57)58(3,4)5;/h9-35,38-39H,1-8H3;/q-1;/t62-,63?;/m0./s1. The van der Waals surface area contributed by atoms with E-state index >= 15 is 0 Å². The molecule has 7 aromatic carbocycles. The minimum Gasteiger partial charge on any atom is -0.509 e. The Balaban J connectivity index is 0.00000498. The Morgan fingerprint density at radius 1 is 0.585 bits per heavy atom. The topological polar surface area (TPSA) is 27.1 Å². The molecule has 1 saturated heterocycles. The normalized spacial score (nSPS) is 17.6. The Bertz CT molecular complexity index is 3300. The number of quaternary nitrogens is 2. The fraction of sp³-hybridized carbons (Fsp3) is 0.186. The fourth-order valence-corrected chi connectivity index (χ4v) is 9.95. The van der Waals surface area contributed by atoms with Crippen molar-refractivity contribution < 1.29 is 25.8 Å². The monoisotopic (exact) mass is 1030 g/mol. The van der Waals surface area contributed by atoms with Crippen molar-refractivity contribution in [2.24, 2.45) is 0 Å². The SMILES string of the molecule is CC(C)c1ccccc1-c1cc(Oc2[c-]c3c(cc2)c2ccccc2n3-c2cc(C(C)(C)C)ccn2)[c-]c([N+]23[CH-][N@+]2(c2cc(-c4ccccc4)cc(C(C)(C)C)c2)c2ccccc23)c1.[Pt]. The second kappa shape index (κ2) is 15.5. The van der Waals surface area contributed by atoms with Gasteiger partial charge < -0.3 is 9.30 Å². The Morgan fingerprint density at radius 3 is 2.03 bits per heavy atom. The maximum atomic E-state index is 7.03. The third-order valence-corrected chi connectivity index (χ3v) is 13.4. The maximum absolute atomic E-state index is 7.03. The van der Waals surface area contributed by atoms with Crippen molar-refractivity contribution >= 4 is 44.6 Å². The minimum atomic E-state index is -0.0592. The molecular weight excluding hydrogens is 976 g/mol. The first kappa shape index (κ1) is 42.8. The molecule has 11 rings (SSSR count). The molecule has 1 fully saturated rings. The van der Waals surface area contributed by atoms with Crippen LogP contribution in [-0.4, -0.2) is 9.55 Å². The molecule has 65 heavy (non-hydrogen) atoms. The number of hydrogen-bond donors (Lipinski definition) is 0. The number of benzene rings is 7. The van der Waals surface area contributed by atoms with E-state index in [-0.39, 0.29) is 31.9 Å². The van der Waals surface area contributed by atoms with Gasteiger partial charge in [-0.2, -0.15) is 10.7 Å². The van der Waals surface area contributed by atoms with Crippen LogP contribution in [0.4, 0.5) is 22.7 Å². The van der Waals surface area contributed by atoms with Crippen molar-refractivity contribution in [1.29, 1.82) is 0 Å². The van der Waals surface area contributed by atoms with Crippen molar-refractivity contribution in [2.75, 3.05) is 0 Å². The quantitative estimate of drug-likeness (QED) is 0.0861. The predicted octanol–water partition coefficient (Wildman–Crippen LogP) is 16.0. The van der Waals surface area contributed by atoms with Gasteiger partial charge in [0.05, 0.1) is 5.69 Å². The van der Waals surface area contributed by atoms with Crippen molar-refractivity contribution in [3.8, 4) is 39.6 Å². The van der Waals surface area contributed by atoms with Crippen LogP contribution in [0.1, 0.15) is 78.0 Å². The molecule has 0 spiro atoms. The van der Waals surface area contributed by atoms with Gasteiger partial charge in [-0.15, -0.1) is 29.1 Å². The fourth-order valence-electron chi connectivity index (χ4n) is 9.95. The average Bonchev–Trinajstić information content (AvgIpc) is 3.79. The number of ether oxygens (including phenoxy) is 1. The second-order valence-electron chi connectivity index (χ2n) is 19.9. The van der Waals surface area contributed by atoms with Gasteiger partial charge in [-0.3, -0.25) is 0 Å². The summed E-state index contributed by atoms with van der Waals surface area (Å²) >= 11 is 0. The molecule has 0 saturated carbocycles. The molecule has 6 heteroatoms. The van der Waals surface area contributed by atoms with Crippen molar-refractivity contribution in [3.05, 3.63) is 199 Å². The average molecular weight is 1030 g/mol. The van der Waals surface area contributed by atoms with Crippen LogP contribution in [0.2, 0.25) is 0 Å². The second-order valence-corrected chi connectivity index (χ2v) is 19.9. The van der Waals surface area contributed by atoms with Gasteiger partial charge in [0.2, 0.25) is 11.4 Å². The molecular formula is C59H53N4OPt-. The molecule has 2 atom stereocenters. The Morgan fingerprint density at radius 2 is 1.28 bits per heavy atom. The van der Waals surface area contributed by atoms with Gasteiger partial charge in [0, 0.05) is 68.5 Å². The molecule has 1 unspecified atom stereocenters. The molecule has 0 N–H and O–H groups in total. The molecule has 0 aliphatic carbocycles. The smallest absolute Gasteiger partial charge is 0.225 e. The minimum absolute atomic E-state index is 0. The first-order valence-corrected chi connectivity index (χ1v) is 22.5. The van der Waals surface area contributed by atoms with Gasteiger partial charge in [-0.25, -0.2) is 9.58 Å². The molecule has 326 valence electrons. The van der Waals surface area contributed by atoms with E-state index in [0.29, 0.717) is 26.6 Å². The summed E-state index contributed by atoms with van der Waals surface area (Å²) in [6, 6.07) is 64.7. The van der Waals surface area contributed by atoms with Crippen LogP contribution < -0.4 is 13.9 Å². The van der Waals surface area contributed by atoms with Gasteiger partial charge in [0.1, 0.15) is 5.82 Å². The van der Waals surface area contributed by atoms with E-state index in [1.807, 2.05) is 12.3 Å². The summed E-state index contributed by atoms with van der Waals surface area (Å²) in [6.07, 6.45) is 1.92. The summed E-state index contributed by atoms with van der Waals surface area (Å²) in [4.78, 5) is 4.92. The zero-order valence-corrected chi connectivity index (χ0v) is 40.5. The maximum Gasteiger partial charge on any atom is 0.225 e. The first-order chi connectivity index (χ1) is 30.8. The Hall–Kier alpha value is -6.10. The van der Waals surface area contributed by atoms with Crippen LogP contribution in [-0.2, 0) is 31.9 Å². The van der Waals surface area contributed by atoms with E-state index in [9.17, 15) is 0 Å². The number of rotatable bonds is 8. The summed E-state index contributed by atoms with van der Waals surface area (Å²) in [5.41, 5.74) is 15.2. The number of nitrogens with zero attached hydrogens (tertiary/aromatic N) is 4. The largest absolute Gasteiger partial charge is 0.509 e. The summed E-state index contributed by atoms with van der Waals surface area (Å²) in [6.45, 7) is 20.6. The number of pyridine rings is 1. The third kappa shape index (κ3) is 6.82. The molecule has 9 aromatic rings. The van der Waals surface area contributed by atoms with E-state index in [2.05, 4.69) is 230 Å². The number of para-hydroxylation sites is 3. The van der Waals surface area contributed by atoms with E-state index in [0.717, 1.165) is 38.9 Å². The number of fused-ring (bicyclic) bond motifs is 7. The molecule has 2 aliphatic rings.